The van der Waals surface area contributed by atoms with E-state index >= 15 is 0 Å². The molecule has 1 heterocycles. The summed E-state index contributed by atoms with van der Waals surface area (Å²) in [7, 11) is 3.85. The van der Waals surface area contributed by atoms with Crippen molar-refractivity contribution in [2.24, 2.45) is 11.8 Å². The molecule has 1 fully saturated rings. The lowest BCUT2D eigenvalue weighted by atomic mass is 9.75. The van der Waals surface area contributed by atoms with Crippen LogP contribution in [0.25, 0.3) is 0 Å². The minimum Gasteiger partial charge on any atom is -0.496 e. The Morgan fingerprint density at radius 3 is 2.71 bits per heavy atom. The van der Waals surface area contributed by atoms with Gasteiger partial charge in [0.05, 0.1) is 7.11 Å². The molecule has 3 atom stereocenters. The van der Waals surface area contributed by atoms with Crippen LogP contribution in [0.5, 0.6) is 5.75 Å². The van der Waals surface area contributed by atoms with Gasteiger partial charge in [0.25, 0.3) is 0 Å². The summed E-state index contributed by atoms with van der Waals surface area (Å²) in [5.74, 6) is 2.57. The Kier molecular flexibility index (Phi) is 5.63. The van der Waals surface area contributed by atoms with Crippen LogP contribution in [0.15, 0.2) is 6.20 Å². The van der Waals surface area contributed by atoms with Crippen LogP contribution in [0, 0.1) is 25.7 Å². The predicted octanol–water partition coefficient (Wildman–Crippen LogP) is 3.66. The monoisotopic (exact) mass is 290 g/mol. The number of pyridine rings is 1. The SMILES string of the molecule is CCC1CCC(NC)C(Cc2ncc(C)c(OC)c2C)C1. The smallest absolute Gasteiger partial charge is 0.128 e. The van der Waals surface area contributed by atoms with Crippen LogP contribution in [0.1, 0.15) is 49.4 Å². The number of nitrogens with one attached hydrogen (secondary N) is 1. The van der Waals surface area contributed by atoms with E-state index in [0.717, 1.165) is 23.7 Å². The van der Waals surface area contributed by atoms with Crippen molar-refractivity contribution >= 4 is 0 Å². The Balaban J connectivity index is 2.19. The summed E-state index contributed by atoms with van der Waals surface area (Å²) in [6.07, 6.45) is 8.29. The lowest BCUT2D eigenvalue weighted by Crippen LogP contribution is -2.39. The molecule has 1 aliphatic carbocycles. The van der Waals surface area contributed by atoms with Crippen molar-refractivity contribution in [3.8, 4) is 5.75 Å². The number of aromatic nitrogens is 1. The zero-order valence-corrected chi connectivity index (χ0v) is 14.2. The van der Waals surface area contributed by atoms with Gasteiger partial charge in [0.2, 0.25) is 0 Å². The van der Waals surface area contributed by atoms with Crippen molar-refractivity contribution in [1.82, 2.24) is 10.3 Å². The Bertz CT molecular complexity index is 473. The lowest BCUT2D eigenvalue weighted by Gasteiger charge is -2.36. The maximum atomic E-state index is 5.55. The van der Waals surface area contributed by atoms with E-state index in [4.69, 9.17) is 9.72 Å². The first-order valence-electron chi connectivity index (χ1n) is 8.27. The molecule has 0 bridgehead atoms. The number of hydrogen-bond acceptors (Lipinski definition) is 3. The van der Waals surface area contributed by atoms with Crippen molar-refractivity contribution in [2.75, 3.05) is 14.2 Å². The van der Waals surface area contributed by atoms with Crippen molar-refractivity contribution < 1.29 is 4.74 Å². The molecule has 0 aliphatic heterocycles. The van der Waals surface area contributed by atoms with Crippen molar-refractivity contribution in [1.29, 1.82) is 0 Å². The molecule has 0 amide bonds. The summed E-state index contributed by atoms with van der Waals surface area (Å²) in [6, 6.07) is 0.626. The third-order valence-electron chi connectivity index (χ3n) is 5.24. The third-order valence-corrected chi connectivity index (χ3v) is 5.24. The number of methoxy groups -OCH3 is 1. The molecule has 0 spiro atoms. The molecule has 1 aliphatic rings. The molecule has 1 N–H and O–H groups in total. The van der Waals surface area contributed by atoms with Crippen LogP contribution in [0.4, 0.5) is 0 Å². The van der Waals surface area contributed by atoms with Crippen molar-refractivity contribution in [3.05, 3.63) is 23.0 Å². The molecular weight excluding hydrogens is 260 g/mol. The Hall–Kier alpha value is -1.09. The quantitative estimate of drug-likeness (QED) is 0.898. The topological polar surface area (TPSA) is 34.2 Å². The van der Waals surface area contributed by atoms with Crippen LogP contribution in [0.2, 0.25) is 0 Å². The highest BCUT2D eigenvalue weighted by atomic mass is 16.5. The third kappa shape index (κ3) is 3.57. The summed E-state index contributed by atoms with van der Waals surface area (Å²) in [5.41, 5.74) is 3.55. The minimum atomic E-state index is 0.626. The molecular formula is C18H30N2O. The second-order valence-corrected chi connectivity index (χ2v) is 6.49. The van der Waals surface area contributed by atoms with Gasteiger partial charge in [-0.3, -0.25) is 4.98 Å². The van der Waals surface area contributed by atoms with Crippen LogP contribution >= 0.6 is 0 Å². The fourth-order valence-electron chi connectivity index (χ4n) is 3.86. The lowest BCUT2D eigenvalue weighted by molar-refractivity contribution is 0.204. The number of rotatable bonds is 5. The minimum absolute atomic E-state index is 0.626. The Morgan fingerprint density at radius 2 is 2.10 bits per heavy atom. The highest BCUT2D eigenvalue weighted by Gasteiger charge is 2.29. The number of ether oxygens (including phenoxy) is 1. The zero-order chi connectivity index (χ0) is 15.4. The number of nitrogens with zero attached hydrogens (tertiary/aromatic N) is 1. The van der Waals surface area contributed by atoms with Crippen LogP contribution < -0.4 is 10.1 Å². The second kappa shape index (κ2) is 7.26. The van der Waals surface area contributed by atoms with E-state index in [1.807, 2.05) is 6.20 Å². The van der Waals surface area contributed by atoms with Gasteiger partial charge >= 0.3 is 0 Å². The predicted molar refractivity (Wildman–Crippen MR) is 87.9 cm³/mol. The number of hydrogen-bond donors (Lipinski definition) is 1. The van der Waals surface area contributed by atoms with Crippen molar-refractivity contribution in [2.45, 2.75) is 58.9 Å². The van der Waals surface area contributed by atoms with E-state index in [1.54, 1.807) is 7.11 Å². The van der Waals surface area contributed by atoms with Gasteiger partial charge in [0, 0.05) is 29.1 Å². The molecule has 1 saturated carbocycles. The van der Waals surface area contributed by atoms with E-state index < -0.39 is 0 Å². The fourth-order valence-corrected chi connectivity index (χ4v) is 3.86. The van der Waals surface area contributed by atoms with Crippen molar-refractivity contribution in [3.63, 3.8) is 0 Å². The summed E-state index contributed by atoms with van der Waals surface area (Å²) >= 11 is 0. The van der Waals surface area contributed by atoms with E-state index in [0.29, 0.717) is 12.0 Å². The summed E-state index contributed by atoms with van der Waals surface area (Å²) < 4.78 is 5.55. The fraction of sp³-hybridized carbons (Fsp3) is 0.722. The molecule has 118 valence electrons. The highest BCUT2D eigenvalue weighted by molar-refractivity contribution is 5.41. The van der Waals surface area contributed by atoms with Crippen LogP contribution in [-0.4, -0.2) is 25.2 Å². The molecule has 1 aromatic heterocycles. The van der Waals surface area contributed by atoms with Gasteiger partial charge in [-0.05, 0) is 58.4 Å². The number of aryl methyl sites for hydroxylation is 1. The first kappa shape index (κ1) is 16.3. The summed E-state index contributed by atoms with van der Waals surface area (Å²) in [6.45, 7) is 6.52. The first-order chi connectivity index (χ1) is 10.1. The first-order valence-corrected chi connectivity index (χ1v) is 8.27. The largest absolute Gasteiger partial charge is 0.496 e. The summed E-state index contributed by atoms with van der Waals surface area (Å²) in [4.78, 5) is 4.69. The molecule has 0 radical (unpaired) electrons. The maximum absolute atomic E-state index is 5.55. The normalized spacial score (nSPS) is 25.9. The van der Waals surface area contributed by atoms with Gasteiger partial charge in [-0.1, -0.05) is 13.3 Å². The van der Waals surface area contributed by atoms with Gasteiger partial charge < -0.3 is 10.1 Å². The Labute approximate surface area is 129 Å². The Morgan fingerprint density at radius 1 is 1.33 bits per heavy atom. The van der Waals surface area contributed by atoms with Gasteiger partial charge in [-0.2, -0.15) is 0 Å². The van der Waals surface area contributed by atoms with Gasteiger partial charge in [-0.15, -0.1) is 0 Å². The van der Waals surface area contributed by atoms with Crippen LogP contribution in [0.3, 0.4) is 0 Å². The average molecular weight is 290 g/mol. The van der Waals surface area contributed by atoms with E-state index in [9.17, 15) is 0 Å². The van der Waals surface area contributed by atoms with Gasteiger partial charge in [0.15, 0.2) is 0 Å². The zero-order valence-electron chi connectivity index (χ0n) is 14.2. The standard InChI is InChI=1S/C18H30N2O/c1-6-14-7-8-16(19-4)15(9-14)10-17-13(3)18(21-5)12(2)11-20-17/h11,14-16,19H,6-10H2,1-5H3. The highest BCUT2D eigenvalue weighted by Crippen LogP contribution is 2.34. The molecule has 3 nitrogen and oxygen atoms in total. The van der Waals surface area contributed by atoms with E-state index in [-0.39, 0.29) is 0 Å². The van der Waals surface area contributed by atoms with Gasteiger partial charge in [0.1, 0.15) is 5.75 Å². The summed E-state index contributed by atoms with van der Waals surface area (Å²) in [5, 5.41) is 3.52. The molecule has 3 unspecified atom stereocenters. The van der Waals surface area contributed by atoms with Crippen LogP contribution in [-0.2, 0) is 6.42 Å². The average Bonchev–Trinajstić information content (AvgIpc) is 2.50. The molecule has 1 aromatic rings. The molecule has 3 heteroatoms. The maximum Gasteiger partial charge on any atom is 0.128 e. The molecule has 0 saturated heterocycles. The molecule has 21 heavy (non-hydrogen) atoms. The van der Waals surface area contributed by atoms with E-state index in [1.165, 1.54) is 36.9 Å². The molecule has 2 rings (SSSR count). The molecule has 0 aromatic carbocycles. The van der Waals surface area contributed by atoms with E-state index in [2.05, 4.69) is 33.1 Å². The second-order valence-electron chi connectivity index (χ2n) is 6.49. The van der Waals surface area contributed by atoms with Gasteiger partial charge in [-0.25, -0.2) is 0 Å².